The molecule has 1 saturated heterocycles. The Balaban J connectivity index is 1.33. The molecule has 0 radical (unpaired) electrons. The van der Waals surface area contributed by atoms with Crippen LogP contribution in [0.3, 0.4) is 0 Å². The van der Waals surface area contributed by atoms with Crippen molar-refractivity contribution in [3.05, 3.63) is 89.2 Å². The van der Waals surface area contributed by atoms with Gasteiger partial charge in [0.15, 0.2) is 0 Å². The highest BCUT2D eigenvalue weighted by Crippen LogP contribution is 2.24. The van der Waals surface area contributed by atoms with Crippen molar-refractivity contribution in [1.82, 2.24) is 30.4 Å². The molecule has 0 spiro atoms. The molecule has 4 aromatic rings. The minimum atomic E-state index is -1.23. The summed E-state index contributed by atoms with van der Waals surface area (Å²) in [6, 6.07) is 15.8. The minimum absolute atomic E-state index is 0.0118. The summed E-state index contributed by atoms with van der Waals surface area (Å²) in [6.07, 6.45) is 1.29. The molecule has 1 atom stereocenters. The lowest BCUT2D eigenvalue weighted by molar-refractivity contribution is -0.137. The molecule has 1 fully saturated rings. The van der Waals surface area contributed by atoms with E-state index in [1.807, 2.05) is 11.9 Å². The second-order valence-corrected chi connectivity index (χ2v) is 10.9. The van der Waals surface area contributed by atoms with Crippen molar-refractivity contribution >= 4 is 58.3 Å². The van der Waals surface area contributed by atoms with Crippen LogP contribution < -0.4 is 20.9 Å². The molecule has 0 bridgehead atoms. The number of hydrogen-bond donors (Lipinski definition) is 4. The van der Waals surface area contributed by atoms with Crippen LogP contribution in [0, 0.1) is 0 Å². The Bertz CT molecular complexity index is 1760. The van der Waals surface area contributed by atoms with Crippen LogP contribution in [0.1, 0.15) is 15.9 Å². The first-order valence-electron chi connectivity index (χ1n) is 13.9. The normalized spacial score (nSPS) is 14.0. The number of nitrogens with one attached hydrogen (secondary N) is 3. The molecule has 2 heterocycles. The van der Waals surface area contributed by atoms with Crippen LogP contribution in [0.15, 0.2) is 73.1 Å². The zero-order valence-corrected chi connectivity index (χ0v) is 25.1. The lowest BCUT2D eigenvalue weighted by atomic mass is 10.0. The van der Waals surface area contributed by atoms with Crippen molar-refractivity contribution in [2.75, 3.05) is 42.2 Å². The number of nitrogens with zero attached hydrogens (tertiary/aromatic N) is 6. The van der Waals surface area contributed by atoms with Gasteiger partial charge in [-0.05, 0) is 77.6 Å². The number of carboxylic acids is 1. The maximum Gasteiger partial charge on any atom is 0.335 e. The average molecular weight is 646 g/mol. The van der Waals surface area contributed by atoms with Gasteiger partial charge in [0.2, 0.25) is 11.8 Å². The highest BCUT2D eigenvalue weighted by Gasteiger charge is 2.27. The van der Waals surface area contributed by atoms with Crippen molar-refractivity contribution in [2.24, 2.45) is 0 Å². The van der Waals surface area contributed by atoms with Crippen molar-refractivity contribution in [2.45, 2.75) is 12.5 Å². The number of carboxylic acid groups (broad SMARTS) is 1. The van der Waals surface area contributed by atoms with Gasteiger partial charge >= 0.3 is 17.8 Å². The summed E-state index contributed by atoms with van der Waals surface area (Å²) in [6.45, 7) is 1.56. The molecule has 3 aromatic carbocycles. The van der Waals surface area contributed by atoms with Crippen LogP contribution in [0.5, 0.6) is 0 Å². The van der Waals surface area contributed by atoms with Crippen LogP contribution in [-0.2, 0) is 25.6 Å². The maximum atomic E-state index is 13.4. The van der Waals surface area contributed by atoms with Crippen molar-refractivity contribution < 1.29 is 29.1 Å². The zero-order chi connectivity index (χ0) is 32.8. The predicted octanol–water partition coefficient (Wildman–Crippen LogP) is 1.60. The summed E-state index contributed by atoms with van der Waals surface area (Å²) < 4.78 is 1.27. The molecule has 0 aliphatic carbocycles. The first kappa shape index (κ1) is 31.7. The maximum absolute atomic E-state index is 13.4. The Hall–Kier alpha value is -5.67. The largest absolute Gasteiger partial charge is 0.478 e. The van der Waals surface area contributed by atoms with E-state index in [4.69, 9.17) is 16.7 Å². The highest BCUT2D eigenvalue weighted by molar-refractivity contribution is 6.40. The molecule has 4 N–H and O–H groups in total. The Kier molecular flexibility index (Phi) is 9.64. The summed E-state index contributed by atoms with van der Waals surface area (Å²) in [5.74, 6) is -4.00. The smallest absolute Gasteiger partial charge is 0.335 e. The Morgan fingerprint density at radius 3 is 2.35 bits per heavy atom. The van der Waals surface area contributed by atoms with Gasteiger partial charge in [0.05, 0.1) is 23.5 Å². The Morgan fingerprint density at radius 2 is 1.70 bits per heavy atom. The molecule has 0 saturated carbocycles. The summed E-state index contributed by atoms with van der Waals surface area (Å²) >= 11 is 6.11. The lowest BCUT2D eigenvalue weighted by Gasteiger charge is -2.32. The molecule has 236 valence electrons. The fraction of sp³-hybridized carbons (Fsp3) is 0.200. The Labute approximate surface area is 267 Å². The number of benzene rings is 3. The van der Waals surface area contributed by atoms with E-state index < -0.39 is 29.7 Å². The molecule has 15 nitrogen and oxygen atoms in total. The van der Waals surface area contributed by atoms with Gasteiger partial charge in [-0.15, -0.1) is 5.10 Å². The number of anilines is 3. The van der Waals surface area contributed by atoms with Gasteiger partial charge in [0.25, 0.3) is 0 Å². The first-order valence-corrected chi connectivity index (χ1v) is 14.3. The van der Waals surface area contributed by atoms with E-state index in [1.165, 1.54) is 41.3 Å². The number of rotatable bonds is 9. The fourth-order valence-electron chi connectivity index (χ4n) is 4.73. The third-order valence-corrected chi connectivity index (χ3v) is 7.36. The van der Waals surface area contributed by atoms with Crippen LogP contribution in [0.2, 0.25) is 5.02 Å². The predicted molar refractivity (Wildman–Crippen MR) is 167 cm³/mol. The summed E-state index contributed by atoms with van der Waals surface area (Å²) in [5, 5.41) is 28.0. The number of carbonyl (C=O) groups excluding carboxylic acids is 4. The summed E-state index contributed by atoms with van der Waals surface area (Å²) in [4.78, 5) is 66.9. The molecule has 5 rings (SSSR count). The second-order valence-electron chi connectivity index (χ2n) is 10.4. The van der Waals surface area contributed by atoms with E-state index in [0.717, 1.165) is 6.54 Å². The van der Waals surface area contributed by atoms with Crippen molar-refractivity contribution in [1.29, 1.82) is 0 Å². The number of tetrazole rings is 1. The molecule has 1 aromatic heterocycles. The van der Waals surface area contributed by atoms with Crippen LogP contribution in [0.25, 0.3) is 5.69 Å². The van der Waals surface area contributed by atoms with Gasteiger partial charge in [-0.25, -0.2) is 4.79 Å². The molecule has 1 aliphatic rings. The standard InChI is InChI=1S/C30H28ClN9O6/c1-38-12-13-39(26(41)16-38)22-9-2-18(3-10-22)14-24(27(42)33-21-7-4-19(5-8-21)30(45)46)35-29(44)28(43)34-23-15-20(31)6-11-25(23)40-17-32-36-37-40/h2-11,15,17,24H,12-14,16H2,1H3,(H,33,42)(H,34,43)(H,35,44)(H,45,46). The van der Waals surface area contributed by atoms with E-state index >= 15 is 0 Å². The fourth-order valence-corrected chi connectivity index (χ4v) is 4.90. The summed E-state index contributed by atoms with van der Waals surface area (Å²) in [5.41, 5.74) is 2.14. The van der Waals surface area contributed by atoms with E-state index in [1.54, 1.807) is 41.3 Å². The third-order valence-electron chi connectivity index (χ3n) is 7.13. The summed E-state index contributed by atoms with van der Waals surface area (Å²) in [7, 11) is 1.88. The molecule has 1 unspecified atom stereocenters. The molecule has 1 aliphatic heterocycles. The lowest BCUT2D eigenvalue weighted by Crippen LogP contribution is -2.49. The van der Waals surface area contributed by atoms with Crippen LogP contribution in [-0.4, -0.2) is 92.5 Å². The molecule has 46 heavy (non-hydrogen) atoms. The number of likely N-dealkylation sites (N-methyl/N-ethyl adjacent to an activating group) is 1. The average Bonchev–Trinajstić information content (AvgIpc) is 3.56. The molecule has 16 heteroatoms. The van der Waals surface area contributed by atoms with Gasteiger partial charge in [0.1, 0.15) is 12.4 Å². The quantitative estimate of drug-likeness (QED) is 0.194. The van der Waals surface area contributed by atoms with Gasteiger partial charge in [0, 0.05) is 35.9 Å². The van der Waals surface area contributed by atoms with Gasteiger partial charge in [-0.1, -0.05) is 23.7 Å². The van der Waals surface area contributed by atoms with Gasteiger partial charge in [-0.2, -0.15) is 4.68 Å². The van der Waals surface area contributed by atoms with E-state index in [0.29, 0.717) is 30.0 Å². The first-order chi connectivity index (χ1) is 22.1. The topological polar surface area (TPSA) is 192 Å². The van der Waals surface area contributed by atoms with Crippen LogP contribution in [0.4, 0.5) is 17.1 Å². The van der Waals surface area contributed by atoms with E-state index in [9.17, 15) is 24.0 Å². The zero-order valence-electron chi connectivity index (χ0n) is 24.4. The minimum Gasteiger partial charge on any atom is -0.478 e. The molecule has 4 amide bonds. The number of aromatic nitrogens is 4. The van der Waals surface area contributed by atoms with Crippen molar-refractivity contribution in [3.8, 4) is 5.69 Å². The third kappa shape index (κ3) is 7.69. The van der Waals surface area contributed by atoms with Crippen molar-refractivity contribution in [3.63, 3.8) is 0 Å². The Morgan fingerprint density at radius 1 is 0.957 bits per heavy atom. The highest BCUT2D eigenvalue weighted by atomic mass is 35.5. The van der Waals surface area contributed by atoms with Crippen LogP contribution >= 0.6 is 11.6 Å². The number of halogens is 1. The number of aromatic carboxylic acids is 1. The number of amides is 4. The van der Waals surface area contributed by atoms with Gasteiger partial charge < -0.3 is 26.0 Å². The van der Waals surface area contributed by atoms with Gasteiger partial charge in [-0.3, -0.25) is 24.1 Å². The number of hydrogen-bond acceptors (Lipinski definition) is 9. The van der Waals surface area contributed by atoms with E-state index in [2.05, 4.69) is 31.5 Å². The SMILES string of the molecule is CN1CCN(c2ccc(CC(NC(=O)C(=O)Nc3cc(Cl)ccc3-n3cnnn3)C(=O)Nc3ccc(C(=O)O)cc3)cc2)C(=O)C1. The van der Waals surface area contributed by atoms with E-state index in [-0.39, 0.29) is 34.3 Å². The number of carbonyl (C=O) groups is 5. The molecular weight excluding hydrogens is 618 g/mol. The monoisotopic (exact) mass is 645 g/mol. The molecular formula is C30H28ClN9O6. The number of piperazine rings is 1. The second kappa shape index (κ2) is 14.0.